The van der Waals surface area contributed by atoms with E-state index in [4.69, 9.17) is 7.15 Å². The fourth-order valence-electron chi connectivity index (χ4n) is 2.94. The average molecular weight is 443 g/mol. The summed E-state index contributed by atoms with van der Waals surface area (Å²) in [6, 6.07) is 16.4. The van der Waals surface area contributed by atoms with Crippen molar-refractivity contribution < 1.29 is 24.2 Å². The Kier molecular flexibility index (Phi) is 4.85. The molecule has 6 nitrogen and oxygen atoms in total. The summed E-state index contributed by atoms with van der Waals surface area (Å²) in [5.74, 6) is 0. The van der Waals surface area contributed by atoms with Crippen LogP contribution < -0.4 is 0 Å². The van der Waals surface area contributed by atoms with Gasteiger partial charge in [0.05, 0.1) is 22.8 Å². The Morgan fingerprint density at radius 3 is 1.30 bits per heavy atom. The van der Waals surface area contributed by atoms with Gasteiger partial charge in [-0.15, -0.1) is 0 Å². The third kappa shape index (κ3) is 4.15. The number of aromatic amines is 2. The molecule has 3 aromatic heterocycles. The van der Waals surface area contributed by atoms with E-state index in [-0.39, 0.29) is 0 Å². The van der Waals surface area contributed by atoms with Crippen LogP contribution >= 0.6 is 0 Å². The van der Waals surface area contributed by atoms with Crippen molar-refractivity contribution in [3.63, 3.8) is 0 Å². The van der Waals surface area contributed by atoms with E-state index in [9.17, 15) is 0 Å². The van der Waals surface area contributed by atoms with Crippen LogP contribution in [0.1, 0.15) is 22.8 Å². The fourth-order valence-corrected chi connectivity index (χ4v) is 2.94. The van der Waals surface area contributed by atoms with Crippen LogP contribution in [0.4, 0.5) is 0 Å². The van der Waals surface area contributed by atoms with Crippen molar-refractivity contribution in [2.75, 3.05) is 0 Å². The van der Waals surface area contributed by atoms with Gasteiger partial charge in [0.1, 0.15) is 0 Å². The summed E-state index contributed by atoms with van der Waals surface area (Å²) >= 11 is -1.79. The first kappa shape index (κ1) is 17.2. The van der Waals surface area contributed by atoms with Gasteiger partial charge in [-0.1, -0.05) is 0 Å². The first-order valence-electron chi connectivity index (χ1n) is 8.14. The number of H-pyrrole nitrogens is 2. The molecule has 7 heteroatoms. The van der Waals surface area contributed by atoms with Crippen molar-refractivity contribution in [1.29, 1.82) is 0 Å². The van der Waals surface area contributed by atoms with E-state index in [0.717, 1.165) is 44.8 Å². The van der Waals surface area contributed by atoms with Crippen molar-refractivity contribution in [3.05, 3.63) is 71.3 Å². The Morgan fingerprint density at radius 1 is 0.556 bits per heavy atom. The molecule has 0 amide bonds. The molecule has 0 saturated carbocycles. The zero-order valence-electron chi connectivity index (χ0n) is 14.0. The van der Waals surface area contributed by atoms with Crippen LogP contribution in [-0.4, -0.2) is 19.9 Å². The molecule has 5 rings (SSSR count). The summed E-state index contributed by atoms with van der Waals surface area (Å²) in [4.78, 5) is 16.0. The third-order valence-electron chi connectivity index (χ3n) is 4.04. The van der Waals surface area contributed by atoms with Crippen LogP contribution in [0.25, 0.3) is 46.4 Å². The van der Waals surface area contributed by atoms with Crippen LogP contribution in [-0.2, 0) is 24.2 Å². The van der Waals surface area contributed by atoms with Crippen molar-refractivity contribution >= 4 is 46.4 Å². The molecule has 0 atom stereocenters. The molecule has 27 heavy (non-hydrogen) atoms. The summed E-state index contributed by atoms with van der Waals surface area (Å²) in [5.41, 5.74) is 7.86. The molecule has 2 aliphatic rings. The molecular formula is C20H14N4O2Ru. The summed E-state index contributed by atoms with van der Waals surface area (Å²) in [6.45, 7) is 0. The first-order valence-corrected chi connectivity index (χ1v) is 9.55. The molecule has 2 aliphatic heterocycles. The molecule has 0 saturated heterocycles. The Balaban J connectivity index is 0.000000565. The zero-order valence-corrected chi connectivity index (χ0v) is 15.7. The third-order valence-corrected chi connectivity index (χ3v) is 4.04. The summed E-state index contributed by atoms with van der Waals surface area (Å²) < 4.78 is 16.9. The number of hydrogen-bond acceptors (Lipinski definition) is 4. The van der Waals surface area contributed by atoms with Gasteiger partial charge in [0.25, 0.3) is 0 Å². The van der Waals surface area contributed by atoms with E-state index in [1.54, 1.807) is 0 Å². The van der Waals surface area contributed by atoms with Crippen LogP contribution in [0.3, 0.4) is 0 Å². The number of nitrogens with one attached hydrogen (secondary N) is 2. The summed E-state index contributed by atoms with van der Waals surface area (Å²) in [6.07, 6.45) is 8.05. The topological polar surface area (TPSA) is 91.5 Å². The number of rotatable bonds is 0. The number of fused-ring (bicyclic) bond motifs is 8. The molecule has 134 valence electrons. The fraction of sp³-hybridized carbons (Fsp3) is 0. The van der Waals surface area contributed by atoms with E-state index in [2.05, 4.69) is 50.3 Å². The molecule has 8 bridgehead atoms. The van der Waals surface area contributed by atoms with E-state index in [0.29, 0.717) is 0 Å². The molecule has 2 N–H and O–H groups in total. The van der Waals surface area contributed by atoms with Gasteiger partial charge in [0, 0.05) is 22.1 Å². The van der Waals surface area contributed by atoms with E-state index in [1.165, 1.54) is 0 Å². The van der Waals surface area contributed by atoms with E-state index in [1.807, 2.05) is 42.5 Å². The zero-order chi connectivity index (χ0) is 18.6. The van der Waals surface area contributed by atoms with Crippen molar-refractivity contribution in [1.82, 2.24) is 19.9 Å². The molecule has 0 aromatic carbocycles. The molecular weight excluding hydrogens is 429 g/mol. The molecule has 0 spiro atoms. The monoisotopic (exact) mass is 444 g/mol. The van der Waals surface area contributed by atoms with Gasteiger partial charge in [-0.2, -0.15) is 0 Å². The van der Waals surface area contributed by atoms with Crippen LogP contribution in [0.5, 0.6) is 0 Å². The molecule has 0 unspecified atom stereocenters. The van der Waals surface area contributed by atoms with Crippen molar-refractivity contribution in [3.8, 4) is 0 Å². The normalized spacial score (nSPS) is 11.9. The van der Waals surface area contributed by atoms with Crippen molar-refractivity contribution in [2.45, 2.75) is 0 Å². The predicted molar refractivity (Wildman–Crippen MR) is 100 cm³/mol. The molecule has 0 aliphatic carbocycles. The van der Waals surface area contributed by atoms with Gasteiger partial charge in [-0.3, -0.25) is 0 Å². The van der Waals surface area contributed by atoms with Gasteiger partial charge in [0.2, 0.25) is 0 Å². The van der Waals surface area contributed by atoms with Gasteiger partial charge >= 0.3 is 24.2 Å². The van der Waals surface area contributed by atoms with E-state index >= 15 is 0 Å². The van der Waals surface area contributed by atoms with E-state index < -0.39 is 17.0 Å². The van der Waals surface area contributed by atoms with Gasteiger partial charge < -0.3 is 9.97 Å². The molecule has 0 radical (unpaired) electrons. The SMILES string of the molecule is C1=Cc2cc3ccc(cc4ccc(cc5nc(cc1n2)C=C5)[nH]4)[nH]3.[O]=[Ru]=[O]. The Hall–Kier alpha value is -3.18. The minimum absolute atomic E-state index is 0.915. The average Bonchev–Trinajstić information content (AvgIpc) is 3.41. The number of aromatic nitrogens is 4. The predicted octanol–water partition coefficient (Wildman–Crippen LogP) is 4.42. The van der Waals surface area contributed by atoms with Crippen molar-refractivity contribution in [2.24, 2.45) is 0 Å². The second-order valence-corrected chi connectivity index (χ2v) is 6.25. The van der Waals surface area contributed by atoms with Crippen LogP contribution in [0.15, 0.2) is 48.5 Å². The van der Waals surface area contributed by atoms with Crippen LogP contribution in [0.2, 0.25) is 0 Å². The maximum atomic E-state index is 8.46. The Morgan fingerprint density at radius 2 is 0.889 bits per heavy atom. The molecule has 3 aromatic rings. The Labute approximate surface area is 161 Å². The quantitative estimate of drug-likeness (QED) is 0.347. The number of nitrogens with zero attached hydrogens (tertiary/aromatic N) is 2. The van der Waals surface area contributed by atoms with Crippen LogP contribution in [0, 0.1) is 0 Å². The van der Waals surface area contributed by atoms with Gasteiger partial charge in [-0.25, -0.2) is 9.97 Å². The Bertz CT molecular complexity index is 1170. The minimum atomic E-state index is -1.79. The van der Waals surface area contributed by atoms with Gasteiger partial charge in [-0.05, 0) is 72.8 Å². The standard InChI is InChI=1S/C20H14N4.2O.Ru/c1-2-14-10-16-5-6-18(23-16)12-20-8-7-19(24-20)11-17-4-3-15(22-17)9-13(1)21-14;;;/h1-12,21-22H;;;. The number of hydrogen-bond donors (Lipinski definition) is 2. The second-order valence-electron chi connectivity index (χ2n) is 5.96. The van der Waals surface area contributed by atoms with Gasteiger partial charge in [0.15, 0.2) is 0 Å². The maximum absolute atomic E-state index is 8.46. The molecule has 5 heterocycles. The summed E-state index contributed by atoms with van der Waals surface area (Å²) in [7, 11) is 0. The first-order chi connectivity index (χ1) is 13.2. The second kappa shape index (κ2) is 7.60. The summed E-state index contributed by atoms with van der Waals surface area (Å²) in [5, 5.41) is 0. The molecule has 0 fully saturated rings.